The molecular weight excluding hydrogens is 408 g/mol. The van der Waals surface area contributed by atoms with Gasteiger partial charge in [-0.2, -0.15) is 0 Å². The van der Waals surface area contributed by atoms with Gasteiger partial charge in [0.15, 0.2) is 0 Å². The average molecular weight is 434 g/mol. The fourth-order valence-electron chi connectivity index (χ4n) is 4.63. The normalized spacial score (nSPS) is 18.8. The quantitative estimate of drug-likeness (QED) is 0.591. The first-order valence-corrected chi connectivity index (χ1v) is 11.1. The van der Waals surface area contributed by atoms with Crippen molar-refractivity contribution in [2.45, 2.75) is 37.6 Å². The van der Waals surface area contributed by atoms with Gasteiger partial charge in [0, 0.05) is 12.5 Å². The van der Waals surface area contributed by atoms with Crippen molar-refractivity contribution in [3.05, 3.63) is 59.7 Å². The lowest BCUT2D eigenvalue weighted by atomic mass is 9.98. The first-order valence-electron chi connectivity index (χ1n) is 11.1. The molecule has 32 heavy (non-hydrogen) atoms. The van der Waals surface area contributed by atoms with Gasteiger partial charge in [-0.25, -0.2) is 9.59 Å². The molecule has 0 bridgehead atoms. The van der Waals surface area contributed by atoms with Gasteiger partial charge in [-0.05, 0) is 53.9 Å². The number of alkyl carbamates (subject to hydrolysis) is 1. The van der Waals surface area contributed by atoms with Gasteiger partial charge in [0.2, 0.25) is 5.91 Å². The lowest BCUT2D eigenvalue weighted by Crippen LogP contribution is -2.48. The Hall–Kier alpha value is -3.35. The van der Waals surface area contributed by atoms with Crippen molar-refractivity contribution in [2.75, 3.05) is 13.2 Å². The summed E-state index contributed by atoms with van der Waals surface area (Å²) in [5.74, 6) is -1.31. The monoisotopic (exact) mass is 434 g/mol. The highest BCUT2D eigenvalue weighted by atomic mass is 16.5. The summed E-state index contributed by atoms with van der Waals surface area (Å²) < 4.78 is 5.53. The zero-order chi connectivity index (χ0) is 22.3. The number of nitrogens with one attached hydrogen (secondary N) is 2. The molecule has 1 unspecified atom stereocenters. The SMILES string of the molecule is O=C(NCC1(C(=O)NC(C(=O)O)C2CC2)CC1)OCC1c2ccccc2-c2ccccc21. The molecule has 3 aliphatic carbocycles. The van der Waals surface area contributed by atoms with Gasteiger partial charge in [-0.15, -0.1) is 0 Å². The van der Waals surface area contributed by atoms with E-state index in [0.717, 1.165) is 35.1 Å². The van der Waals surface area contributed by atoms with Crippen molar-refractivity contribution in [3.8, 4) is 11.1 Å². The van der Waals surface area contributed by atoms with Gasteiger partial charge in [-0.1, -0.05) is 48.5 Å². The summed E-state index contributed by atoms with van der Waals surface area (Å²) in [6.07, 6.45) is 2.33. The summed E-state index contributed by atoms with van der Waals surface area (Å²) in [6, 6.07) is 15.4. The minimum Gasteiger partial charge on any atom is -0.480 e. The number of benzene rings is 2. The van der Waals surface area contributed by atoms with Crippen LogP contribution in [0.4, 0.5) is 4.79 Å². The standard InChI is InChI=1S/C25H26N2O5/c28-22(29)21(15-9-10-15)27-23(30)25(11-12-25)14-26-24(31)32-13-20-18-7-3-1-5-16(18)17-6-2-4-8-19(17)20/h1-8,15,20-21H,9-14H2,(H,26,31)(H,27,30)(H,28,29). The molecule has 2 aromatic rings. The predicted octanol–water partition coefficient (Wildman–Crippen LogP) is 3.28. The van der Waals surface area contributed by atoms with Crippen molar-refractivity contribution in [2.24, 2.45) is 11.3 Å². The second kappa shape index (κ2) is 7.97. The smallest absolute Gasteiger partial charge is 0.407 e. The highest BCUT2D eigenvalue weighted by molar-refractivity contribution is 5.90. The fraction of sp³-hybridized carbons (Fsp3) is 0.400. The Kier molecular flexibility index (Phi) is 5.12. The lowest BCUT2D eigenvalue weighted by molar-refractivity contribution is -0.143. The Morgan fingerprint density at radius 3 is 2.12 bits per heavy atom. The van der Waals surface area contributed by atoms with E-state index in [1.54, 1.807) is 0 Å². The van der Waals surface area contributed by atoms with Crippen molar-refractivity contribution in [1.29, 1.82) is 0 Å². The third-order valence-corrected chi connectivity index (χ3v) is 6.90. The number of ether oxygens (including phenoxy) is 1. The van der Waals surface area contributed by atoms with E-state index in [1.165, 1.54) is 0 Å². The van der Waals surface area contributed by atoms with Gasteiger partial charge in [-0.3, -0.25) is 4.79 Å². The van der Waals surface area contributed by atoms with E-state index >= 15 is 0 Å². The number of carbonyl (C=O) groups excluding carboxylic acids is 2. The zero-order valence-corrected chi connectivity index (χ0v) is 17.7. The molecule has 166 valence electrons. The summed E-state index contributed by atoms with van der Waals surface area (Å²) >= 11 is 0. The molecular formula is C25H26N2O5. The average Bonchev–Trinajstić information content (AvgIpc) is 3.72. The number of rotatable bonds is 8. The van der Waals surface area contributed by atoms with E-state index < -0.39 is 23.5 Å². The van der Waals surface area contributed by atoms with Crippen LogP contribution in [0.15, 0.2) is 48.5 Å². The van der Waals surface area contributed by atoms with Gasteiger partial charge < -0.3 is 20.5 Å². The molecule has 3 N–H and O–H groups in total. The van der Waals surface area contributed by atoms with Crippen LogP contribution < -0.4 is 10.6 Å². The molecule has 1 atom stereocenters. The third kappa shape index (κ3) is 3.83. The van der Waals surface area contributed by atoms with Crippen LogP contribution in [0.3, 0.4) is 0 Å². The Bertz CT molecular complexity index is 1030. The highest BCUT2D eigenvalue weighted by Gasteiger charge is 2.52. The summed E-state index contributed by atoms with van der Waals surface area (Å²) in [5.41, 5.74) is 3.87. The molecule has 0 heterocycles. The largest absolute Gasteiger partial charge is 0.480 e. The van der Waals surface area contributed by atoms with Crippen LogP contribution in [0.1, 0.15) is 42.7 Å². The minimum atomic E-state index is -0.999. The lowest BCUT2D eigenvalue weighted by Gasteiger charge is -2.20. The van der Waals surface area contributed by atoms with Gasteiger partial charge >= 0.3 is 12.1 Å². The number of carboxylic acids is 1. The van der Waals surface area contributed by atoms with Crippen LogP contribution in [0, 0.1) is 11.3 Å². The fourth-order valence-corrected chi connectivity index (χ4v) is 4.63. The van der Waals surface area contributed by atoms with E-state index in [9.17, 15) is 19.5 Å². The van der Waals surface area contributed by atoms with Crippen LogP contribution >= 0.6 is 0 Å². The minimum absolute atomic E-state index is 0.0161. The van der Waals surface area contributed by atoms with E-state index in [-0.39, 0.29) is 30.9 Å². The van der Waals surface area contributed by atoms with Crippen LogP contribution in [-0.2, 0) is 14.3 Å². The predicted molar refractivity (Wildman–Crippen MR) is 117 cm³/mol. The number of carboxylic acid groups (broad SMARTS) is 1. The van der Waals surface area contributed by atoms with Gasteiger partial charge in [0.25, 0.3) is 0 Å². The molecule has 2 fully saturated rings. The molecule has 2 saturated carbocycles. The Morgan fingerprint density at radius 2 is 1.59 bits per heavy atom. The Morgan fingerprint density at radius 1 is 1.00 bits per heavy atom. The van der Waals surface area contributed by atoms with Crippen LogP contribution in [-0.4, -0.2) is 42.3 Å². The first kappa shape index (κ1) is 20.5. The summed E-state index contributed by atoms with van der Waals surface area (Å²) in [6.45, 7) is 0.355. The second-order valence-corrected chi connectivity index (χ2v) is 9.09. The molecule has 2 amide bonds. The molecule has 7 nitrogen and oxygen atoms in total. The maximum absolute atomic E-state index is 12.7. The zero-order valence-electron chi connectivity index (χ0n) is 17.7. The second-order valence-electron chi connectivity index (χ2n) is 9.09. The van der Waals surface area contributed by atoms with Crippen molar-refractivity contribution in [1.82, 2.24) is 10.6 Å². The Labute approximate surface area is 186 Å². The summed E-state index contributed by atoms with van der Waals surface area (Å²) in [5, 5.41) is 14.7. The molecule has 5 rings (SSSR count). The Balaban J connectivity index is 1.17. The number of carbonyl (C=O) groups is 3. The molecule has 0 spiro atoms. The van der Waals surface area contributed by atoms with Crippen molar-refractivity contribution < 1.29 is 24.2 Å². The summed E-state index contributed by atoms with van der Waals surface area (Å²) in [7, 11) is 0. The van der Waals surface area contributed by atoms with E-state index in [2.05, 4.69) is 34.9 Å². The van der Waals surface area contributed by atoms with Crippen molar-refractivity contribution >= 4 is 18.0 Å². The summed E-state index contributed by atoms with van der Waals surface area (Å²) in [4.78, 5) is 36.5. The van der Waals surface area contributed by atoms with E-state index in [1.807, 2.05) is 24.3 Å². The molecule has 0 saturated heterocycles. The van der Waals surface area contributed by atoms with E-state index in [4.69, 9.17) is 4.74 Å². The molecule has 7 heteroatoms. The van der Waals surface area contributed by atoms with E-state index in [0.29, 0.717) is 12.8 Å². The number of hydrogen-bond acceptors (Lipinski definition) is 4. The van der Waals surface area contributed by atoms with Gasteiger partial charge in [0.1, 0.15) is 12.6 Å². The number of fused-ring (bicyclic) bond motifs is 3. The number of hydrogen-bond donors (Lipinski definition) is 3. The van der Waals surface area contributed by atoms with Crippen LogP contribution in [0.25, 0.3) is 11.1 Å². The molecule has 0 aromatic heterocycles. The van der Waals surface area contributed by atoms with Gasteiger partial charge in [0.05, 0.1) is 5.41 Å². The molecule has 2 aromatic carbocycles. The molecule has 0 aliphatic heterocycles. The molecule has 3 aliphatic rings. The highest BCUT2D eigenvalue weighted by Crippen LogP contribution is 2.46. The topological polar surface area (TPSA) is 105 Å². The maximum atomic E-state index is 12.7. The molecule has 0 radical (unpaired) electrons. The van der Waals surface area contributed by atoms with Crippen molar-refractivity contribution in [3.63, 3.8) is 0 Å². The van der Waals surface area contributed by atoms with Crippen LogP contribution in [0.5, 0.6) is 0 Å². The van der Waals surface area contributed by atoms with Crippen LogP contribution in [0.2, 0.25) is 0 Å². The maximum Gasteiger partial charge on any atom is 0.407 e. The number of aliphatic carboxylic acids is 1. The number of amides is 2. The third-order valence-electron chi connectivity index (χ3n) is 6.90. The first-order chi connectivity index (χ1) is 15.5.